The SMILES string of the molecule is CC(C)(C)[C@H]1CCc2c(C(=O)NNC(=O)[C@H]3[C@@H](C(=O)O)[C@H]4C=C[C@@H]3C4)csc2C1. The Balaban J connectivity index is 1.40. The van der Waals surface area contributed by atoms with Gasteiger partial charge in [0, 0.05) is 10.3 Å². The summed E-state index contributed by atoms with van der Waals surface area (Å²) in [5.41, 5.74) is 6.97. The highest BCUT2D eigenvalue weighted by atomic mass is 32.1. The lowest BCUT2D eigenvalue weighted by Crippen LogP contribution is -2.48. The standard InChI is InChI=1S/C22H28N2O4S/c1-22(2,3)13-6-7-14-15(10-29-16(14)9-13)19(25)23-24-20(26)17-11-4-5-12(8-11)18(17)21(27)28/h4-5,10-13,17-18H,6-9H2,1-3H3,(H,23,25)(H,24,26)(H,27,28)/t11-,12+,13+,17-,18+/m1/s1. The molecule has 1 aromatic heterocycles. The minimum Gasteiger partial charge on any atom is -0.481 e. The Morgan fingerprint density at radius 2 is 1.79 bits per heavy atom. The van der Waals surface area contributed by atoms with Gasteiger partial charge in [-0.3, -0.25) is 25.2 Å². The van der Waals surface area contributed by atoms with Crippen LogP contribution in [0.1, 0.15) is 54.4 Å². The number of nitrogens with one attached hydrogen (secondary N) is 2. The molecular weight excluding hydrogens is 388 g/mol. The van der Waals surface area contributed by atoms with Crippen molar-refractivity contribution in [1.82, 2.24) is 10.9 Å². The van der Waals surface area contributed by atoms with Gasteiger partial charge in [0.2, 0.25) is 5.91 Å². The first-order valence-electron chi connectivity index (χ1n) is 10.3. The van der Waals surface area contributed by atoms with Gasteiger partial charge in [0.1, 0.15) is 0 Å². The van der Waals surface area contributed by atoms with Crippen LogP contribution < -0.4 is 10.9 Å². The molecule has 5 atom stereocenters. The third-order valence-electron chi connectivity index (χ3n) is 6.97. The molecule has 0 aliphatic heterocycles. The molecule has 6 nitrogen and oxygen atoms in total. The average Bonchev–Trinajstić information content (AvgIpc) is 3.37. The van der Waals surface area contributed by atoms with Crippen LogP contribution in [0, 0.1) is 35.0 Å². The van der Waals surface area contributed by atoms with E-state index in [2.05, 4.69) is 31.6 Å². The molecule has 3 aliphatic rings. The summed E-state index contributed by atoms with van der Waals surface area (Å²) in [5, 5.41) is 11.4. The molecule has 3 aliphatic carbocycles. The van der Waals surface area contributed by atoms with Crippen molar-refractivity contribution in [3.63, 3.8) is 0 Å². The minimum atomic E-state index is -0.950. The van der Waals surface area contributed by atoms with E-state index in [1.165, 1.54) is 4.88 Å². The first-order valence-corrected chi connectivity index (χ1v) is 11.2. The fraction of sp³-hybridized carbons (Fsp3) is 0.591. The van der Waals surface area contributed by atoms with E-state index in [9.17, 15) is 19.5 Å². The summed E-state index contributed by atoms with van der Waals surface area (Å²) in [6.45, 7) is 6.78. The van der Waals surface area contributed by atoms with Crippen LogP contribution in [0.3, 0.4) is 0 Å². The fourth-order valence-electron chi connectivity index (χ4n) is 5.23. The van der Waals surface area contributed by atoms with Crippen molar-refractivity contribution in [3.8, 4) is 0 Å². The molecule has 29 heavy (non-hydrogen) atoms. The van der Waals surface area contributed by atoms with Gasteiger partial charge in [-0.15, -0.1) is 11.3 Å². The molecule has 1 saturated carbocycles. The maximum absolute atomic E-state index is 12.7. The Bertz CT molecular complexity index is 882. The zero-order valence-corrected chi connectivity index (χ0v) is 17.8. The molecule has 0 spiro atoms. The van der Waals surface area contributed by atoms with Gasteiger partial charge in [-0.05, 0) is 54.4 Å². The van der Waals surface area contributed by atoms with Crippen molar-refractivity contribution in [2.75, 3.05) is 0 Å². The number of hydrogen-bond acceptors (Lipinski definition) is 4. The first-order chi connectivity index (χ1) is 13.7. The molecule has 1 heterocycles. The molecule has 0 unspecified atom stereocenters. The molecule has 1 aromatic rings. The monoisotopic (exact) mass is 416 g/mol. The topological polar surface area (TPSA) is 95.5 Å². The third-order valence-corrected chi connectivity index (χ3v) is 8.02. The molecule has 1 fully saturated rings. The first kappa shape index (κ1) is 20.1. The van der Waals surface area contributed by atoms with E-state index in [1.807, 2.05) is 17.5 Å². The van der Waals surface area contributed by atoms with Crippen molar-refractivity contribution in [2.24, 2.45) is 35.0 Å². The highest BCUT2D eigenvalue weighted by molar-refractivity contribution is 7.10. The Hall–Kier alpha value is -2.15. The van der Waals surface area contributed by atoms with Crippen molar-refractivity contribution < 1.29 is 19.5 Å². The zero-order valence-electron chi connectivity index (χ0n) is 17.0. The second kappa shape index (κ2) is 7.27. The van der Waals surface area contributed by atoms with Crippen LogP contribution in [0.4, 0.5) is 0 Å². The smallest absolute Gasteiger partial charge is 0.307 e. The number of allylic oxidation sites excluding steroid dienone is 2. The normalized spacial score (nSPS) is 30.1. The van der Waals surface area contributed by atoms with E-state index >= 15 is 0 Å². The molecule has 2 amide bonds. The average molecular weight is 417 g/mol. The lowest BCUT2D eigenvalue weighted by molar-refractivity contribution is -0.148. The van der Waals surface area contributed by atoms with Crippen LogP contribution in [-0.2, 0) is 22.4 Å². The van der Waals surface area contributed by atoms with Crippen molar-refractivity contribution in [3.05, 3.63) is 33.5 Å². The summed E-state index contributed by atoms with van der Waals surface area (Å²) in [4.78, 5) is 38.2. The van der Waals surface area contributed by atoms with E-state index < -0.39 is 23.7 Å². The zero-order chi connectivity index (χ0) is 20.9. The summed E-state index contributed by atoms with van der Waals surface area (Å²) >= 11 is 1.61. The Kier molecular flexibility index (Phi) is 5.05. The van der Waals surface area contributed by atoms with Crippen LogP contribution >= 0.6 is 11.3 Å². The number of hydrogen-bond donors (Lipinski definition) is 3. The number of rotatable bonds is 3. The summed E-state index contributed by atoms with van der Waals surface area (Å²) in [5.74, 6) is -2.60. The number of fused-ring (bicyclic) bond motifs is 3. The number of amides is 2. The molecule has 2 bridgehead atoms. The van der Waals surface area contributed by atoms with E-state index in [-0.39, 0.29) is 23.2 Å². The molecule has 7 heteroatoms. The quantitative estimate of drug-likeness (QED) is 0.521. The molecule has 0 aromatic carbocycles. The van der Waals surface area contributed by atoms with E-state index in [1.54, 1.807) is 11.3 Å². The maximum Gasteiger partial charge on any atom is 0.307 e. The molecule has 0 saturated heterocycles. The number of carboxylic acids is 1. The van der Waals surface area contributed by atoms with Crippen LogP contribution in [0.15, 0.2) is 17.5 Å². The maximum atomic E-state index is 12.7. The number of aliphatic carboxylic acids is 1. The molecule has 4 rings (SSSR count). The largest absolute Gasteiger partial charge is 0.481 e. The van der Waals surface area contributed by atoms with Crippen LogP contribution in [0.25, 0.3) is 0 Å². The van der Waals surface area contributed by atoms with Gasteiger partial charge in [-0.1, -0.05) is 32.9 Å². The molecule has 3 N–H and O–H groups in total. The lowest BCUT2D eigenvalue weighted by Gasteiger charge is -2.34. The van der Waals surface area contributed by atoms with Crippen molar-refractivity contribution in [1.29, 1.82) is 0 Å². The minimum absolute atomic E-state index is 0.0683. The van der Waals surface area contributed by atoms with Gasteiger partial charge in [0.25, 0.3) is 5.91 Å². The van der Waals surface area contributed by atoms with Crippen LogP contribution in [-0.4, -0.2) is 22.9 Å². The van der Waals surface area contributed by atoms with Gasteiger partial charge in [-0.25, -0.2) is 0 Å². The van der Waals surface area contributed by atoms with E-state index in [0.717, 1.165) is 24.8 Å². The molecule has 0 radical (unpaired) electrons. The number of carbonyl (C=O) groups excluding carboxylic acids is 2. The Morgan fingerprint density at radius 1 is 1.10 bits per heavy atom. The Morgan fingerprint density at radius 3 is 2.45 bits per heavy atom. The van der Waals surface area contributed by atoms with E-state index in [0.29, 0.717) is 17.9 Å². The van der Waals surface area contributed by atoms with Crippen molar-refractivity contribution >= 4 is 29.1 Å². The number of hydrazine groups is 1. The predicted molar refractivity (Wildman–Crippen MR) is 110 cm³/mol. The van der Waals surface area contributed by atoms with Crippen LogP contribution in [0.2, 0.25) is 0 Å². The van der Waals surface area contributed by atoms with E-state index in [4.69, 9.17) is 0 Å². The van der Waals surface area contributed by atoms with Gasteiger partial charge < -0.3 is 5.11 Å². The lowest BCUT2D eigenvalue weighted by atomic mass is 9.72. The predicted octanol–water partition coefficient (Wildman–Crippen LogP) is 3.18. The summed E-state index contributed by atoms with van der Waals surface area (Å²) in [6.07, 6.45) is 7.43. The van der Waals surface area contributed by atoms with Crippen molar-refractivity contribution in [2.45, 2.75) is 46.5 Å². The third kappa shape index (κ3) is 3.61. The van der Waals surface area contributed by atoms with Gasteiger partial charge in [0.05, 0.1) is 17.4 Å². The van der Waals surface area contributed by atoms with Gasteiger partial charge in [0.15, 0.2) is 0 Å². The summed E-state index contributed by atoms with van der Waals surface area (Å²) < 4.78 is 0. The van der Waals surface area contributed by atoms with Gasteiger partial charge in [-0.2, -0.15) is 0 Å². The van der Waals surface area contributed by atoms with Crippen LogP contribution in [0.5, 0.6) is 0 Å². The second-order valence-corrected chi connectivity index (χ2v) is 10.6. The summed E-state index contributed by atoms with van der Waals surface area (Å²) in [7, 11) is 0. The summed E-state index contributed by atoms with van der Waals surface area (Å²) in [6, 6.07) is 0. The molecule has 156 valence electrons. The highest BCUT2D eigenvalue weighted by Gasteiger charge is 2.51. The number of thiophene rings is 1. The fourth-order valence-corrected chi connectivity index (χ4v) is 6.39. The number of carbonyl (C=O) groups is 3. The number of carboxylic acid groups (broad SMARTS) is 1. The molecular formula is C22H28N2O4S. The highest BCUT2D eigenvalue weighted by Crippen LogP contribution is 2.48. The second-order valence-electron chi connectivity index (χ2n) is 9.64. The Labute approximate surface area is 174 Å². The van der Waals surface area contributed by atoms with Gasteiger partial charge >= 0.3 is 5.97 Å².